The van der Waals surface area contributed by atoms with Crippen molar-refractivity contribution in [2.45, 2.75) is 33.7 Å². The van der Waals surface area contributed by atoms with Gasteiger partial charge in [-0.1, -0.05) is 12.1 Å². The summed E-state index contributed by atoms with van der Waals surface area (Å²) in [6.07, 6.45) is 0. The van der Waals surface area contributed by atoms with Crippen molar-refractivity contribution in [1.29, 1.82) is 0 Å². The Bertz CT molecular complexity index is 292. The normalized spacial score (nSPS) is 12.1. The van der Waals surface area contributed by atoms with Crippen molar-refractivity contribution in [2.24, 2.45) is 5.73 Å². The van der Waals surface area contributed by atoms with Crippen molar-refractivity contribution in [2.75, 3.05) is 0 Å². The second-order valence-corrected chi connectivity index (χ2v) is 3.58. The van der Waals surface area contributed by atoms with Crippen LogP contribution < -0.4 is 5.73 Å². The molecule has 0 radical (unpaired) electrons. The topological polar surface area (TPSA) is 26.0 Å². The number of hydrogen-bond donors (Lipinski definition) is 1. The lowest BCUT2D eigenvalue weighted by Crippen LogP contribution is -2.07. The van der Waals surface area contributed by atoms with Crippen molar-refractivity contribution in [1.82, 2.24) is 0 Å². The average Bonchev–Trinajstić information content (AvgIpc) is 1.96. The van der Waals surface area contributed by atoms with Crippen LogP contribution in [0.25, 0.3) is 0 Å². The minimum Gasteiger partial charge on any atom is -0.324 e. The van der Waals surface area contributed by atoms with Crippen LogP contribution in [0.4, 0.5) is 0 Å². The monoisotopic (exact) mass is 199 g/mol. The Morgan fingerprint density at radius 3 is 1.92 bits per heavy atom. The molecular formula is C11H18ClN. The van der Waals surface area contributed by atoms with Gasteiger partial charge in [0.25, 0.3) is 0 Å². The lowest BCUT2D eigenvalue weighted by molar-refractivity contribution is 0.807. The first kappa shape index (κ1) is 12.5. The zero-order valence-electron chi connectivity index (χ0n) is 8.72. The van der Waals surface area contributed by atoms with Gasteiger partial charge in [-0.3, -0.25) is 0 Å². The molecule has 0 aliphatic heterocycles. The van der Waals surface area contributed by atoms with E-state index in [1.54, 1.807) is 0 Å². The van der Waals surface area contributed by atoms with Gasteiger partial charge >= 0.3 is 0 Å². The zero-order chi connectivity index (χ0) is 9.30. The molecule has 1 atom stereocenters. The highest BCUT2D eigenvalue weighted by atomic mass is 35.5. The summed E-state index contributed by atoms with van der Waals surface area (Å²) in [5, 5.41) is 0. The van der Waals surface area contributed by atoms with Gasteiger partial charge in [0.2, 0.25) is 0 Å². The van der Waals surface area contributed by atoms with Gasteiger partial charge in [-0.15, -0.1) is 12.4 Å². The number of nitrogens with two attached hydrogens (primary N) is 1. The minimum atomic E-state index is 0. The summed E-state index contributed by atoms with van der Waals surface area (Å²) in [5.74, 6) is 0. The fourth-order valence-electron chi connectivity index (χ4n) is 1.47. The van der Waals surface area contributed by atoms with Gasteiger partial charge in [-0.25, -0.2) is 0 Å². The van der Waals surface area contributed by atoms with Crippen LogP contribution in [0.15, 0.2) is 12.1 Å². The average molecular weight is 200 g/mol. The van der Waals surface area contributed by atoms with Crippen molar-refractivity contribution in [3.63, 3.8) is 0 Å². The Hall–Kier alpha value is -0.530. The van der Waals surface area contributed by atoms with E-state index in [0.29, 0.717) is 0 Å². The maximum absolute atomic E-state index is 5.83. The van der Waals surface area contributed by atoms with Gasteiger partial charge < -0.3 is 5.73 Å². The van der Waals surface area contributed by atoms with Crippen LogP contribution >= 0.6 is 12.4 Å². The maximum Gasteiger partial charge on any atom is 0.0268 e. The fourth-order valence-corrected chi connectivity index (χ4v) is 1.47. The third-order valence-corrected chi connectivity index (χ3v) is 2.37. The molecule has 13 heavy (non-hydrogen) atoms. The predicted octanol–water partition coefficient (Wildman–Crippen LogP) is 3.05. The molecule has 0 aliphatic carbocycles. The third kappa shape index (κ3) is 2.71. The van der Waals surface area contributed by atoms with E-state index < -0.39 is 0 Å². The molecule has 0 aromatic heterocycles. The van der Waals surface area contributed by atoms with Crippen LogP contribution in [0.2, 0.25) is 0 Å². The van der Waals surface area contributed by atoms with Crippen molar-refractivity contribution in [3.8, 4) is 0 Å². The first-order valence-electron chi connectivity index (χ1n) is 4.35. The molecule has 0 fully saturated rings. The number of benzene rings is 1. The summed E-state index contributed by atoms with van der Waals surface area (Å²) in [7, 11) is 0. The SMILES string of the molecule is Cc1cc(C)c([C@H](C)N)cc1C.Cl. The molecule has 0 unspecified atom stereocenters. The summed E-state index contributed by atoms with van der Waals surface area (Å²) < 4.78 is 0. The van der Waals surface area contributed by atoms with Crippen molar-refractivity contribution >= 4 is 12.4 Å². The van der Waals surface area contributed by atoms with Crippen molar-refractivity contribution < 1.29 is 0 Å². The highest BCUT2D eigenvalue weighted by molar-refractivity contribution is 5.85. The summed E-state index contributed by atoms with van der Waals surface area (Å²) >= 11 is 0. The Kier molecular flexibility index (Phi) is 4.45. The standard InChI is InChI=1S/C11H17N.ClH/c1-7-5-9(3)11(10(4)12)6-8(7)2;/h5-6,10H,12H2,1-4H3;1H/t10-;/m0./s1. The fraction of sp³-hybridized carbons (Fsp3) is 0.455. The van der Waals surface area contributed by atoms with E-state index in [9.17, 15) is 0 Å². The Labute approximate surface area is 86.7 Å². The second-order valence-electron chi connectivity index (χ2n) is 3.58. The first-order chi connectivity index (χ1) is 5.52. The zero-order valence-corrected chi connectivity index (χ0v) is 9.53. The molecule has 0 bridgehead atoms. The molecule has 0 spiro atoms. The molecule has 2 N–H and O–H groups in total. The van der Waals surface area contributed by atoms with Crippen LogP contribution in [-0.2, 0) is 0 Å². The van der Waals surface area contributed by atoms with E-state index in [-0.39, 0.29) is 18.4 Å². The molecule has 74 valence electrons. The summed E-state index contributed by atoms with van der Waals surface area (Å²) in [4.78, 5) is 0. The first-order valence-corrected chi connectivity index (χ1v) is 4.35. The van der Waals surface area contributed by atoms with E-state index in [4.69, 9.17) is 5.73 Å². The van der Waals surface area contributed by atoms with E-state index in [1.165, 1.54) is 22.3 Å². The number of halogens is 1. The molecule has 0 amide bonds. The summed E-state index contributed by atoms with van der Waals surface area (Å²) in [6.45, 7) is 8.40. The van der Waals surface area contributed by atoms with Gasteiger partial charge in [0.15, 0.2) is 0 Å². The smallest absolute Gasteiger partial charge is 0.0268 e. The van der Waals surface area contributed by atoms with Crippen LogP contribution in [0, 0.1) is 20.8 Å². The molecule has 1 nitrogen and oxygen atoms in total. The molecule has 0 saturated heterocycles. The molecule has 0 aliphatic rings. The molecule has 1 aromatic carbocycles. The Morgan fingerprint density at radius 2 is 1.46 bits per heavy atom. The molecular weight excluding hydrogens is 182 g/mol. The molecule has 0 saturated carbocycles. The summed E-state index contributed by atoms with van der Waals surface area (Å²) in [5.41, 5.74) is 11.1. The van der Waals surface area contributed by atoms with Gasteiger partial charge in [0, 0.05) is 6.04 Å². The molecule has 1 aromatic rings. The van der Waals surface area contributed by atoms with Gasteiger partial charge in [0.05, 0.1) is 0 Å². The highest BCUT2D eigenvalue weighted by Gasteiger charge is 2.04. The largest absolute Gasteiger partial charge is 0.324 e. The van der Waals surface area contributed by atoms with Crippen LogP contribution in [0.1, 0.15) is 35.2 Å². The third-order valence-electron chi connectivity index (χ3n) is 2.37. The van der Waals surface area contributed by atoms with Gasteiger partial charge in [-0.2, -0.15) is 0 Å². The van der Waals surface area contributed by atoms with E-state index >= 15 is 0 Å². The number of rotatable bonds is 1. The van der Waals surface area contributed by atoms with Gasteiger partial charge in [0.1, 0.15) is 0 Å². The number of aryl methyl sites for hydroxylation is 3. The molecule has 2 heteroatoms. The molecule has 0 heterocycles. The summed E-state index contributed by atoms with van der Waals surface area (Å²) in [6, 6.07) is 4.54. The van der Waals surface area contributed by atoms with E-state index in [1.807, 2.05) is 6.92 Å². The lowest BCUT2D eigenvalue weighted by Gasteiger charge is -2.12. The molecule has 1 rings (SSSR count). The van der Waals surface area contributed by atoms with E-state index in [0.717, 1.165) is 0 Å². The second kappa shape index (κ2) is 4.64. The van der Waals surface area contributed by atoms with E-state index in [2.05, 4.69) is 32.9 Å². The number of hydrogen-bond acceptors (Lipinski definition) is 1. The van der Waals surface area contributed by atoms with Gasteiger partial charge in [-0.05, 0) is 49.9 Å². The lowest BCUT2D eigenvalue weighted by atomic mass is 9.97. The Morgan fingerprint density at radius 1 is 1.00 bits per heavy atom. The maximum atomic E-state index is 5.83. The predicted molar refractivity (Wildman–Crippen MR) is 60.5 cm³/mol. The Balaban J connectivity index is 0.00000144. The minimum absolute atomic E-state index is 0. The van der Waals surface area contributed by atoms with Crippen LogP contribution in [-0.4, -0.2) is 0 Å². The quantitative estimate of drug-likeness (QED) is 0.740. The van der Waals surface area contributed by atoms with Crippen LogP contribution in [0.5, 0.6) is 0 Å². The van der Waals surface area contributed by atoms with Crippen molar-refractivity contribution in [3.05, 3.63) is 34.4 Å². The highest BCUT2D eigenvalue weighted by Crippen LogP contribution is 2.19. The van der Waals surface area contributed by atoms with Crippen LogP contribution in [0.3, 0.4) is 0 Å².